The first-order chi connectivity index (χ1) is 12.0. The minimum atomic E-state index is -0.920. The fraction of sp³-hybridized carbons (Fsp3) is 0.500. The zero-order chi connectivity index (χ0) is 18.2. The van der Waals surface area contributed by atoms with Gasteiger partial charge in [0.25, 0.3) is 0 Å². The quantitative estimate of drug-likeness (QED) is 0.763. The average molecular weight is 348 g/mol. The number of hydrogen-bond donors (Lipinski definition) is 2. The van der Waals surface area contributed by atoms with E-state index in [4.69, 9.17) is 9.84 Å². The van der Waals surface area contributed by atoms with Crippen molar-refractivity contribution >= 4 is 18.0 Å². The van der Waals surface area contributed by atoms with Gasteiger partial charge in [-0.05, 0) is 24.3 Å². The van der Waals surface area contributed by atoms with Gasteiger partial charge in [0.1, 0.15) is 6.04 Å². The monoisotopic (exact) mass is 348 g/mol. The molecular formula is C18H24N2O5. The summed E-state index contributed by atoms with van der Waals surface area (Å²) in [5.41, 5.74) is 0.938. The van der Waals surface area contributed by atoms with Crippen LogP contribution in [0.5, 0.6) is 0 Å². The lowest BCUT2D eigenvalue weighted by atomic mass is 9.93. The van der Waals surface area contributed by atoms with Gasteiger partial charge in [-0.15, -0.1) is 0 Å². The Morgan fingerprint density at radius 1 is 1.24 bits per heavy atom. The highest BCUT2D eigenvalue weighted by Gasteiger charge is 2.26. The second-order valence-corrected chi connectivity index (χ2v) is 6.25. The number of esters is 1. The molecule has 0 radical (unpaired) electrons. The summed E-state index contributed by atoms with van der Waals surface area (Å²) >= 11 is 0. The number of carbonyl (C=O) groups is 3. The maximum atomic E-state index is 12.3. The Morgan fingerprint density at radius 3 is 2.44 bits per heavy atom. The Balaban J connectivity index is 1.87. The van der Waals surface area contributed by atoms with Crippen molar-refractivity contribution in [2.24, 2.45) is 5.92 Å². The van der Waals surface area contributed by atoms with Crippen LogP contribution in [0.3, 0.4) is 0 Å². The van der Waals surface area contributed by atoms with Crippen molar-refractivity contribution in [3.63, 3.8) is 0 Å². The summed E-state index contributed by atoms with van der Waals surface area (Å²) in [5, 5.41) is 11.7. The van der Waals surface area contributed by atoms with Crippen LogP contribution in [-0.2, 0) is 20.7 Å². The fourth-order valence-electron chi connectivity index (χ4n) is 3.03. The van der Waals surface area contributed by atoms with Crippen molar-refractivity contribution in [1.82, 2.24) is 10.2 Å². The van der Waals surface area contributed by atoms with Crippen LogP contribution < -0.4 is 5.32 Å². The Morgan fingerprint density at radius 2 is 1.88 bits per heavy atom. The molecule has 1 aliphatic heterocycles. The van der Waals surface area contributed by atoms with Crippen molar-refractivity contribution in [2.75, 3.05) is 20.2 Å². The number of hydrogen-bond acceptors (Lipinski definition) is 4. The molecule has 1 unspecified atom stereocenters. The van der Waals surface area contributed by atoms with Gasteiger partial charge in [0.2, 0.25) is 5.91 Å². The topological polar surface area (TPSA) is 95.9 Å². The van der Waals surface area contributed by atoms with Crippen molar-refractivity contribution in [3.05, 3.63) is 35.9 Å². The number of ether oxygens (including phenoxy) is 1. The number of rotatable bonds is 6. The van der Waals surface area contributed by atoms with E-state index in [1.54, 1.807) is 0 Å². The van der Waals surface area contributed by atoms with Crippen LogP contribution in [0.25, 0.3) is 0 Å². The van der Waals surface area contributed by atoms with Crippen molar-refractivity contribution in [3.8, 4) is 0 Å². The van der Waals surface area contributed by atoms with E-state index in [0.29, 0.717) is 32.4 Å². The highest BCUT2D eigenvalue weighted by Crippen LogP contribution is 2.20. The van der Waals surface area contributed by atoms with Gasteiger partial charge in [-0.2, -0.15) is 0 Å². The van der Waals surface area contributed by atoms with Gasteiger partial charge in [0, 0.05) is 25.9 Å². The second-order valence-electron chi connectivity index (χ2n) is 6.25. The second kappa shape index (κ2) is 9.05. The lowest BCUT2D eigenvalue weighted by molar-refractivity contribution is -0.145. The SMILES string of the molecule is COC(=O)C(Cc1ccccc1)NC(=O)CC1CCN(C(=O)O)CC1. The number of carbonyl (C=O) groups excluding carboxylic acids is 2. The molecule has 136 valence electrons. The van der Waals surface area contributed by atoms with Gasteiger partial charge >= 0.3 is 12.1 Å². The van der Waals surface area contributed by atoms with Crippen molar-refractivity contribution in [1.29, 1.82) is 0 Å². The summed E-state index contributed by atoms with van der Waals surface area (Å²) in [7, 11) is 1.30. The molecule has 1 aliphatic rings. The molecule has 0 bridgehead atoms. The van der Waals surface area contributed by atoms with Crippen LogP contribution >= 0.6 is 0 Å². The van der Waals surface area contributed by atoms with E-state index < -0.39 is 18.1 Å². The molecule has 0 saturated carbocycles. The third-order valence-electron chi connectivity index (χ3n) is 4.46. The number of carboxylic acid groups (broad SMARTS) is 1. The first kappa shape index (κ1) is 18.8. The highest BCUT2D eigenvalue weighted by molar-refractivity contribution is 5.84. The van der Waals surface area contributed by atoms with Gasteiger partial charge in [-0.25, -0.2) is 9.59 Å². The predicted octanol–water partition coefficient (Wildman–Crippen LogP) is 1.67. The molecule has 1 aromatic carbocycles. The molecule has 2 N–H and O–H groups in total. The standard InChI is InChI=1S/C18H24N2O5/c1-25-17(22)15(11-13-5-3-2-4-6-13)19-16(21)12-14-7-9-20(10-8-14)18(23)24/h2-6,14-15H,7-12H2,1H3,(H,19,21)(H,23,24). The molecule has 1 atom stereocenters. The summed E-state index contributed by atoms with van der Waals surface area (Å²) < 4.78 is 4.79. The Hall–Kier alpha value is -2.57. The van der Waals surface area contributed by atoms with Crippen molar-refractivity contribution < 1.29 is 24.2 Å². The number of nitrogens with zero attached hydrogens (tertiary/aromatic N) is 1. The highest BCUT2D eigenvalue weighted by atomic mass is 16.5. The summed E-state index contributed by atoms with van der Waals surface area (Å²) in [5.74, 6) is -0.552. The summed E-state index contributed by atoms with van der Waals surface area (Å²) in [6.45, 7) is 0.884. The molecule has 7 nitrogen and oxygen atoms in total. The van der Waals surface area contributed by atoms with Crippen LogP contribution in [-0.4, -0.2) is 54.2 Å². The minimum Gasteiger partial charge on any atom is -0.467 e. The molecule has 0 aliphatic carbocycles. The number of piperidine rings is 1. The Bertz CT molecular complexity index is 597. The summed E-state index contributed by atoms with van der Waals surface area (Å²) in [6.07, 6.45) is 1.05. The fourth-order valence-corrected chi connectivity index (χ4v) is 3.03. The van der Waals surface area contributed by atoms with Crippen molar-refractivity contribution in [2.45, 2.75) is 31.7 Å². The molecular weight excluding hydrogens is 324 g/mol. The molecule has 25 heavy (non-hydrogen) atoms. The average Bonchev–Trinajstić information content (AvgIpc) is 2.61. The van der Waals surface area contributed by atoms with Crippen LogP contribution in [0.15, 0.2) is 30.3 Å². The third kappa shape index (κ3) is 5.77. The summed E-state index contributed by atoms with van der Waals surface area (Å²) in [4.78, 5) is 36.5. The molecule has 1 fully saturated rings. The Kier molecular flexibility index (Phi) is 6.80. The van der Waals surface area contributed by atoms with Crippen LogP contribution in [0.1, 0.15) is 24.8 Å². The molecule has 1 heterocycles. The first-order valence-electron chi connectivity index (χ1n) is 8.38. The number of likely N-dealkylation sites (tertiary alicyclic amines) is 1. The largest absolute Gasteiger partial charge is 0.467 e. The first-order valence-corrected chi connectivity index (χ1v) is 8.38. The Labute approximate surface area is 147 Å². The van der Waals surface area contributed by atoms with E-state index in [2.05, 4.69) is 5.32 Å². The van der Waals surface area contributed by atoms with Crippen LogP contribution in [0, 0.1) is 5.92 Å². The van der Waals surface area contributed by atoms with Gasteiger partial charge in [0.15, 0.2) is 0 Å². The number of nitrogens with one attached hydrogen (secondary N) is 1. The number of methoxy groups -OCH3 is 1. The number of benzene rings is 1. The minimum absolute atomic E-state index is 0.130. The van der Waals surface area contributed by atoms with Crippen LogP contribution in [0.2, 0.25) is 0 Å². The smallest absolute Gasteiger partial charge is 0.407 e. The van der Waals surface area contributed by atoms with E-state index >= 15 is 0 Å². The van der Waals surface area contributed by atoms with Gasteiger partial charge in [0.05, 0.1) is 7.11 Å². The molecule has 1 aromatic rings. The van der Waals surface area contributed by atoms with E-state index in [1.165, 1.54) is 12.0 Å². The van der Waals surface area contributed by atoms with Gasteiger partial charge in [-0.3, -0.25) is 4.79 Å². The molecule has 2 amide bonds. The molecule has 0 aromatic heterocycles. The zero-order valence-electron chi connectivity index (χ0n) is 14.3. The lowest BCUT2D eigenvalue weighted by Gasteiger charge is -2.29. The predicted molar refractivity (Wildman–Crippen MR) is 91.0 cm³/mol. The third-order valence-corrected chi connectivity index (χ3v) is 4.46. The summed E-state index contributed by atoms with van der Waals surface area (Å²) in [6, 6.07) is 8.70. The van der Waals surface area contributed by atoms with Crippen LogP contribution in [0.4, 0.5) is 4.79 Å². The van der Waals surface area contributed by atoms with E-state index in [9.17, 15) is 14.4 Å². The normalized spacial score (nSPS) is 16.1. The van der Waals surface area contributed by atoms with E-state index in [-0.39, 0.29) is 18.2 Å². The zero-order valence-corrected chi connectivity index (χ0v) is 14.3. The van der Waals surface area contributed by atoms with Gasteiger partial charge in [-0.1, -0.05) is 30.3 Å². The lowest BCUT2D eigenvalue weighted by Crippen LogP contribution is -2.44. The molecule has 7 heteroatoms. The molecule has 2 rings (SSSR count). The maximum Gasteiger partial charge on any atom is 0.407 e. The van der Waals surface area contributed by atoms with E-state index in [0.717, 1.165) is 5.56 Å². The van der Waals surface area contributed by atoms with Gasteiger partial charge < -0.3 is 20.1 Å². The van der Waals surface area contributed by atoms with E-state index in [1.807, 2.05) is 30.3 Å². The molecule has 1 saturated heterocycles. The molecule has 0 spiro atoms. The number of amides is 2. The maximum absolute atomic E-state index is 12.3.